The summed E-state index contributed by atoms with van der Waals surface area (Å²) >= 11 is 0. The first kappa shape index (κ1) is 16.8. The van der Waals surface area contributed by atoms with Gasteiger partial charge in [-0.15, -0.1) is 0 Å². The number of methoxy groups -OCH3 is 2. The molecule has 0 radical (unpaired) electrons. The lowest BCUT2D eigenvalue weighted by atomic mass is 10.2. The summed E-state index contributed by atoms with van der Waals surface area (Å²) in [6.45, 7) is 0.390. The van der Waals surface area contributed by atoms with E-state index in [4.69, 9.17) is 9.47 Å². The number of amides is 1. The van der Waals surface area contributed by atoms with E-state index in [1.54, 1.807) is 24.3 Å². The SMILES string of the molecule is COc1cc(OC)cc(C(=O)NCCc2nc3ccc(F)cc3[nH]2)c1. The van der Waals surface area contributed by atoms with Crippen molar-refractivity contribution < 1.29 is 18.7 Å². The smallest absolute Gasteiger partial charge is 0.251 e. The molecule has 0 saturated heterocycles. The van der Waals surface area contributed by atoms with Gasteiger partial charge in [-0.25, -0.2) is 9.37 Å². The normalized spacial score (nSPS) is 10.7. The minimum atomic E-state index is -0.317. The zero-order valence-electron chi connectivity index (χ0n) is 13.9. The number of hydrogen-bond acceptors (Lipinski definition) is 4. The molecule has 0 unspecified atom stereocenters. The average Bonchev–Trinajstić information content (AvgIpc) is 3.02. The van der Waals surface area contributed by atoms with Crippen LogP contribution in [0.15, 0.2) is 36.4 Å². The predicted octanol–water partition coefficient (Wildman–Crippen LogP) is 2.69. The molecule has 0 atom stereocenters. The number of ether oxygens (including phenoxy) is 2. The van der Waals surface area contributed by atoms with E-state index in [0.29, 0.717) is 46.9 Å². The number of H-pyrrole nitrogens is 1. The second-order valence-electron chi connectivity index (χ2n) is 5.45. The number of carbonyl (C=O) groups is 1. The van der Waals surface area contributed by atoms with E-state index in [1.807, 2.05) is 0 Å². The van der Waals surface area contributed by atoms with Crippen molar-refractivity contribution in [3.8, 4) is 11.5 Å². The second kappa shape index (κ2) is 7.21. The molecule has 3 rings (SSSR count). The maximum atomic E-state index is 13.2. The maximum Gasteiger partial charge on any atom is 0.251 e. The molecule has 1 amide bonds. The van der Waals surface area contributed by atoms with Crippen molar-refractivity contribution in [3.05, 3.63) is 53.6 Å². The van der Waals surface area contributed by atoms with Crippen LogP contribution in [0.4, 0.5) is 4.39 Å². The summed E-state index contributed by atoms with van der Waals surface area (Å²) in [4.78, 5) is 19.7. The Labute approximate surface area is 144 Å². The fraction of sp³-hybridized carbons (Fsp3) is 0.222. The van der Waals surface area contributed by atoms with Gasteiger partial charge >= 0.3 is 0 Å². The summed E-state index contributed by atoms with van der Waals surface area (Å²) in [5.41, 5.74) is 1.78. The molecule has 130 valence electrons. The Bertz CT molecular complexity index is 885. The van der Waals surface area contributed by atoms with Crippen molar-refractivity contribution in [3.63, 3.8) is 0 Å². The first-order valence-corrected chi connectivity index (χ1v) is 7.74. The summed E-state index contributed by atoms with van der Waals surface area (Å²) in [6.07, 6.45) is 0.503. The third-order valence-corrected chi connectivity index (χ3v) is 3.75. The molecule has 7 heteroatoms. The van der Waals surface area contributed by atoms with Gasteiger partial charge in [-0.2, -0.15) is 0 Å². The van der Waals surface area contributed by atoms with E-state index in [2.05, 4.69) is 15.3 Å². The van der Waals surface area contributed by atoms with Gasteiger partial charge in [-0.3, -0.25) is 4.79 Å². The quantitative estimate of drug-likeness (QED) is 0.721. The predicted molar refractivity (Wildman–Crippen MR) is 91.6 cm³/mol. The summed E-state index contributed by atoms with van der Waals surface area (Å²) < 4.78 is 23.5. The standard InChI is InChI=1S/C18H18FN3O3/c1-24-13-7-11(8-14(10-13)25-2)18(23)20-6-5-17-21-15-4-3-12(19)9-16(15)22-17/h3-4,7-10H,5-6H2,1-2H3,(H,20,23)(H,21,22). The highest BCUT2D eigenvalue weighted by Gasteiger charge is 2.10. The molecular formula is C18H18FN3O3. The number of imidazole rings is 1. The molecule has 0 aliphatic carbocycles. The maximum absolute atomic E-state index is 13.2. The number of aromatic amines is 1. The zero-order chi connectivity index (χ0) is 17.8. The summed E-state index contributed by atoms with van der Waals surface area (Å²) in [6, 6.07) is 9.36. The number of aromatic nitrogens is 2. The van der Waals surface area contributed by atoms with Gasteiger partial charge in [-0.05, 0) is 30.3 Å². The van der Waals surface area contributed by atoms with E-state index in [-0.39, 0.29) is 11.7 Å². The molecule has 0 spiro atoms. The highest BCUT2D eigenvalue weighted by atomic mass is 19.1. The summed E-state index contributed by atoms with van der Waals surface area (Å²) in [5.74, 6) is 1.22. The number of nitrogens with zero attached hydrogens (tertiary/aromatic N) is 1. The lowest BCUT2D eigenvalue weighted by Crippen LogP contribution is -2.26. The van der Waals surface area contributed by atoms with Crippen LogP contribution in [0.3, 0.4) is 0 Å². The van der Waals surface area contributed by atoms with E-state index in [9.17, 15) is 9.18 Å². The first-order chi connectivity index (χ1) is 12.1. The molecule has 25 heavy (non-hydrogen) atoms. The zero-order valence-corrected chi connectivity index (χ0v) is 13.9. The van der Waals surface area contributed by atoms with E-state index in [0.717, 1.165) is 0 Å². The van der Waals surface area contributed by atoms with Crippen molar-refractivity contribution >= 4 is 16.9 Å². The molecule has 0 aliphatic heterocycles. The molecule has 0 aliphatic rings. The molecule has 0 fully saturated rings. The molecule has 1 aromatic heterocycles. The number of fused-ring (bicyclic) bond motifs is 1. The molecule has 2 N–H and O–H groups in total. The Kier molecular flexibility index (Phi) is 4.83. The van der Waals surface area contributed by atoms with Crippen LogP contribution in [-0.4, -0.2) is 36.6 Å². The molecule has 6 nitrogen and oxygen atoms in total. The van der Waals surface area contributed by atoms with Crippen molar-refractivity contribution in [2.24, 2.45) is 0 Å². The molecule has 0 saturated carbocycles. The van der Waals surface area contributed by atoms with E-state index in [1.165, 1.54) is 26.4 Å². The van der Waals surface area contributed by atoms with Crippen molar-refractivity contribution in [2.75, 3.05) is 20.8 Å². The topological polar surface area (TPSA) is 76.2 Å². The van der Waals surface area contributed by atoms with Crippen LogP contribution in [0.2, 0.25) is 0 Å². The van der Waals surface area contributed by atoms with Gasteiger partial charge in [-0.1, -0.05) is 0 Å². The van der Waals surface area contributed by atoms with Crippen LogP contribution in [0, 0.1) is 5.82 Å². The van der Waals surface area contributed by atoms with Gasteiger partial charge in [0, 0.05) is 24.6 Å². The Morgan fingerprint density at radius 1 is 1.16 bits per heavy atom. The monoisotopic (exact) mass is 343 g/mol. The molecular weight excluding hydrogens is 325 g/mol. The van der Waals surface area contributed by atoms with Crippen LogP contribution in [0.25, 0.3) is 11.0 Å². The van der Waals surface area contributed by atoms with Gasteiger partial charge < -0.3 is 19.8 Å². The average molecular weight is 343 g/mol. The number of carbonyl (C=O) groups excluding carboxylic acids is 1. The lowest BCUT2D eigenvalue weighted by molar-refractivity contribution is 0.0953. The van der Waals surface area contributed by atoms with Crippen LogP contribution >= 0.6 is 0 Å². The number of benzene rings is 2. The number of halogens is 1. The van der Waals surface area contributed by atoms with Gasteiger partial charge in [0.25, 0.3) is 5.91 Å². The van der Waals surface area contributed by atoms with Crippen molar-refractivity contribution in [1.29, 1.82) is 0 Å². The van der Waals surface area contributed by atoms with Gasteiger partial charge in [0.05, 0.1) is 25.3 Å². The second-order valence-corrected chi connectivity index (χ2v) is 5.45. The summed E-state index contributed by atoms with van der Waals surface area (Å²) in [5, 5.41) is 2.82. The Morgan fingerprint density at radius 2 is 1.88 bits per heavy atom. The van der Waals surface area contributed by atoms with Crippen LogP contribution < -0.4 is 14.8 Å². The largest absolute Gasteiger partial charge is 0.497 e. The molecule has 3 aromatic rings. The van der Waals surface area contributed by atoms with Gasteiger partial charge in [0.15, 0.2) is 0 Å². The van der Waals surface area contributed by atoms with Crippen LogP contribution in [0.1, 0.15) is 16.2 Å². The first-order valence-electron chi connectivity index (χ1n) is 7.74. The highest BCUT2D eigenvalue weighted by molar-refractivity contribution is 5.95. The molecule has 0 bridgehead atoms. The van der Waals surface area contributed by atoms with Crippen LogP contribution in [-0.2, 0) is 6.42 Å². The third kappa shape index (κ3) is 3.88. The molecule has 2 aromatic carbocycles. The third-order valence-electron chi connectivity index (χ3n) is 3.75. The van der Waals surface area contributed by atoms with Crippen molar-refractivity contribution in [1.82, 2.24) is 15.3 Å². The fourth-order valence-corrected chi connectivity index (χ4v) is 2.49. The number of hydrogen-bond donors (Lipinski definition) is 2. The van der Waals surface area contributed by atoms with E-state index < -0.39 is 0 Å². The Balaban J connectivity index is 1.63. The van der Waals surface area contributed by atoms with Gasteiger partial charge in [0.1, 0.15) is 23.1 Å². The Morgan fingerprint density at radius 3 is 2.56 bits per heavy atom. The highest BCUT2D eigenvalue weighted by Crippen LogP contribution is 2.22. The van der Waals surface area contributed by atoms with Crippen molar-refractivity contribution in [2.45, 2.75) is 6.42 Å². The Hall–Kier alpha value is -3.09. The lowest BCUT2D eigenvalue weighted by Gasteiger charge is -2.09. The summed E-state index contributed by atoms with van der Waals surface area (Å²) in [7, 11) is 3.06. The number of rotatable bonds is 6. The van der Waals surface area contributed by atoms with E-state index >= 15 is 0 Å². The fourth-order valence-electron chi connectivity index (χ4n) is 2.49. The minimum Gasteiger partial charge on any atom is -0.497 e. The molecule has 1 heterocycles. The van der Waals surface area contributed by atoms with Gasteiger partial charge in [0.2, 0.25) is 0 Å². The number of nitrogens with one attached hydrogen (secondary N) is 2. The minimum absolute atomic E-state index is 0.237. The van der Waals surface area contributed by atoms with Crippen LogP contribution in [0.5, 0.6) is 11.5 Å².